The summed E-state index contributed by atoms with van der Waals surface area (Å²) in [6, 6.07) is 9.32. The van der Waals surface area contributed by atoms with Crippen LogP contribution in [0.3, 0.4) is 0 Å². The normalized spacial score (nSPS) is 10.9. The molecule has 7 nitrogen and oxygen atoms in total. The van der Waals surface area contributed by atoms with Crippen LogP contribution in [0.2, 0.25) is 0 Å². The van der Waals surface area contributed by atoms with E-state index in [0.717, 1.165) is 17.5 Å². The van der Waals surface area contributed by atoms with E-state index in [0.29, 0.717) is 13.1 Å². The highest BCUT2D eigenvalue weighted by molar-refractivity contribution is 5.88. The number of carbonyl (C=O) groups is 1. The molecule has 0 fully saturated rings. The van der Waals surface area contributed by atoms with E-state index >= 15 is 0 Å². The third kappa shape index (κ3) is 3.19. The fourth-order valence-electron chi connectivity index (χ4n) is 2.69. The highest BCUT2D eigenvalue weighted by atomic mass is 16.2. The summed E-state index contributed by atoms with van der Waals surface area (Å²) in [5.41, 5.74) is 1.66. The zero-order valence-electron chi connectivity index (χ0n) is 13.5. The van der Waals surface area contributed by atoms with Crippen LogP contribution in [0.1, 0.15) is 19.8 Å². The van der Waals surface area contributed by atoms with Crippen LogP contribution in [0.5, 0.6) is 0 Å². The monoisotopic (exact) mass is 325 g/mol. The molecule has 0 saturated heterocycles. The summed E-state index contributed by atoms with van der Waals surface area (Å²) in [4.78, 5) is 32.6. The fraction of sp³-hybridized carbons (Fsp3) is 0.294. The molecule has 7 heteroatoms. The van der Waals surface area contributed by atoms with Gasteiger partial charge < -0.3 is 0 Å². The van der Waals surface area contributed by atoms with Crippen molar-refractivity contribution < 1.29 is 4.79 Å². The van der Waals surface area contributed by atoms with Crippen molar-refractivity contribution in [3.63, 3.8) is 0 Å². The summed E-state index contributed by atoms with van der Waals surface area (Å²) >= 11 is 0. The van der Waals surface area contributed by atoms with Crippen molar-refractivity contribution in [3.05, 3.63) is 53.2 Å². The van der Waals surface area contributed by atoms with Crippen LogP contribution in [0, 0.1) is 0 Å². The van der Waals surface area contributed by atoms with E-state index in [-0.39, 0.29) is 24.0 Å². The Kier molecular flexibility index (Phi) is 4.69. The van der Waals surface area contributed by atoms with Gasteiger partial charge in [0.2, 0.25) is 11.9 Å². The van der Waals surface area contributed by atoms with Crippen molar-refractivity contribution >= 4 is 22.9 Å². The van der Waals surface area contributed by atoms with E-state index in [1.54, 1.807) is 27.6 Å². The van der Waals surface area contributed by atoms with E-state index in [1.807, 2.05) is 31.2 Å². The Morgan fingerprint density at radius 1 is 1.04 bits per heavy atom. The molecule has 1 aromatic carbocycles. The van der Waals surface area contributed by atoms with Crippen molar-refractivity contribution in [3.8, 4) is 0 Å². The fourth-order valence-corrected chi connectivity index (χ4v) is 2.69. The lowest BCUT2D eigenvalue weighted by molar-refractivity contribution is -0.116. The minimum Gasteiger partial charge on any atom is -0.294 e. The number of anilines is 1. The van der Waals surface area contributed by atoms with Gasteiger partial charge in [-0.1, -0.05) is 19.1 Å². The van der Waals surface area contributed by atoms with Gasteiger partial charge in [0.15, 0.2) is 0 Å². The number of carbonyl (C=O) groups excluding carboxylic acids is 1. The van der Waals surface area contributed by atoms with E-state index in [2.05, 4.69) is 15.3 Å². The number of nitrogens with one attached hydrogen (secondary N) is 1. The lowest BCUT2D eigenvalue weighted by Crippen LogP contribution is -2.26. The van der Waals surface area contributed by atoms with Gasteiger partial charge in [0.25, 0.3) is 0 Å². The maximum absolute atomic E-state index is 12.6. The van der Waals surface area contributed by atoms with Gasteiger partial charge >= 0.3 is 5.69 Å². The average molecular weight is 325 g/mol. The Hall–Kier alpha value is -2.96. The molecule has 0 aliphatic rings. The van der Waals surface area contributed by atoms with Gasteiger partial charge in [0, 0.05) is 31.9 Å². The zero-order valence-corrected chi connectivity index (χ0v) is 13.5. The molecule has 0 unspecified atom stereocenters. The van der Waals surface area contributed by atoms with Crippen molar-refractivity contribution in [1.82, 2.24) is 19.1 Å². The predicted molar refractivity (Wildman–Crippen MR) is 91.8 cm³/mol. The highest BCUT2D eigenvalue weighted by Gasteiger charge is 2.13. The largest absolute Gasteiger partial charge is 0.329 e. The van der Waals surface area contributed by atoms with E-state index in [1.165, 1.54) is 0 Å². The van der Waals surface area contributed by atoms with Gasteiger partial charge in [-0.2, -0.15) is 0 Å². The molecule has 1 amide bonds. The van der Waals surface area contributed by atoms with Crippen LogP contribution in [0.4, 0.5) is 5.95 Å². The summed E-state index contributed by atoms with van der Waals surface area (Å²) in [6.45, 7) is 3.01. The van der Waals surface area contributed by atoms with Gasteiger partial charge in [-0.3, -0.25) is 19.2 Å². The Labute approximate surface area is 139 Å². The SMILES string of the molecule is CCCn1c(=O)n(CCC(=O)Nc2ncccn2)c2ccccc21. The van der Waals surface area contributed by atoms with Crippen molar-refractivity contribution in [2.24, 2.45) is 0 Å². The smallest absolute Gasteiger partial charge is 0.294 e. The third-order valence-electron chi connectivity index (χ3n) is 3.75. The number of rotatable bonds is 6. The molecule has 24 heavy (non-hydrogen) atoms. The molecular weight excluding hydrogens is 306 g/mol. The van der Waals surface area contributed by atoms with Gasteiger partial charge in [0.05, 0.1) is 11.0 Å². The third-order valence-corrected chi connectivity index (χ3v) is 3.75. The first-order chi connectivity index (χ1) is 11.7. The number of fused-ring (bicyclic) bond motifs is 1. The van der Waals surface area contributed by atoms with Gasteiger partial charge in [-0.05, 0) is 24.6 Å². The minimum atomic E-state index is -0.222. The molecule has 1 N–H and O–H groups in total. The molecule has 124 valence electrons. The standard InChI is InChI=1S/C17H19N5O2/c1-2-11-21-13-6-3-4-7-14(13)22(17(21)24)12-8-15(23)20-16-18-9-5-10-19-16/h3-7,9-10H,2,8,11-12H2,1H3,(H,18,19,20,23). The molecular formula is C17H19N5O2. The number of aromatic nitrogens is 4. The molecule has 0 saturated carbocycles. The number of hydrogen-bond acceptors (Lipinski definition) is 4. The van der Waals surface area contributed by atoms with Crippen LogP contribution in [-0.4, -0.2) is 25.0 Å². The second kappa shape index (κ2) is 7.08. The lowest BCUT2D eigenvalue weighted by atomic mass is 10.3. The number of aryl methyl sites for hydroxylation is 2. The molecule has 3 rings (SSSR count). The Bertz CT molecular complexity index is 898. The topological polar surface area (TPSA) is 81.8 Å². The number of benzene rings is 1. The molecule has 3 aromatic rings. The van der Waals surface area contributed by atoms with Crippen molar-refractivity contribution in [1.29, 1.82) is 0 Å². The van der Waals surface area contributed by atoms with Crippen molar-refractivity contribution in [2.45, 2.75) is 32.9 Å². The number of hydrogen-bond donors (Lipinski definition) is 1. The quantitative estimate of drug-likeness (QED) is 0.752. The number of para-hydroxylation sites is 2. The molecule has 2 aromatic heterocycles. The minimum absolute atomic E-state index is 0.0817. The molecule has 2 heterocycles. The van der Waals surface area contributed by atoms with Crippen LogP contribution in [0.15, 0.2) is 47.5 Å². The summed E-state index contributed by atoms with van der Waals surface area (Å²) < 4.78 is 3.41. The summed E-state index contributed by atoms with van der Waals surface area (Å²) in [6.07, 6.45) is 4.18. The Morgan fingerprint density at radius 2 is 1.67 bits per heavy atom. The first-order valence-electron chi connectivity index (χ1n) is 7.95. The van der Waals surface area contributed by atoms with Gasteiger partial charge in [-0.15, -0.1) is 0 Å². The second-order valence-electron chi connectivity index (χ2n) is 5.45. The van der Waals surface area contributed by atoms with E-state index in [4.69, 9.17) is 0 Å². The maximum atomic E-state index is 12.6. The van der Waals surface area contributed by atoms with E-state index in [9.17, 15) is 9.59 Å². The zero-order chi connectivity index (χ0) is 16.9. The average Bonchev–Trinajstić information content (AvgIpc) is 2.86. The number of amides is 1. The molecule has 0 radical (unpaired) electrons. The Balaban J connectivity index is 1.79. The van der Waals surface area contributed by atoms with Crippen LogP contribution < -0.4 is 11.0 Å². The molecule has 0 bridgehead atoms. The predicted octanol–water partition coefficient (Wildman–Crippen LogP) is 2.03. The molecule has 0 atom stereocenters. The number of nitrogens with zero attached hydrogens (tertiary/aromatic N) is 4. The number of imidazole rings is 1. The van der Waals surface area contributed by atoms with Gasteiger partial charge in [-0.25, -0.2) is 14.8 Å². The summed E-state index contributed by atoms with van der Waals surface area (Å²) in [5, 5.41) is 2.63. The summed E-state index contributed by atoms with van der Waals surface area (Å²) in [5.74, 6) is 0.0451. The molecule has 0 aliphatic heterocycles. The van der Waals surface area contributed by atoms with Gasteiger partial charge in [0.1, 0.15) is 0 Å². The van der Waals surface area contributed by atoms with Crippen molar-refractivity contribution in [2.75, 3.05) is 5.32 Å². The molecule has 0 aliphatic carbocycles. The first kappa shape index (κ1) is 15.9. The second-order valence-corrected chi connectivity index (χ2v) is 5.45. The maximum Gasteiger partial charge on any atom is 0.329 e. The Morgan fingerprint density at radius 3 is 2.29 bits per heavy atom. The molecule has 0 spiro atoms. The summed E-state index contributed by atoms with van der Waals surface area (Å²) in [7, 11) is 0. The van der Waals surface area contributed by atoms with E-state index < -0.39 is 0 Å². The van der Waals surface area contributed by atoms with Crippen LogP contribution >= 0.6 is 0 Å². The van der Waals surface area contributed by atoms with Crippen LogP contribution in [0.25, 0.3) is 11.0 Å². The first-order valence-corrected chi connectivity index (χ1v) is 7.95. The van der Waals surface area contributed by atoms with Crippen LogP contribution in [-0.2, 0) is 17.9 Å². The lowest BCUT2D eigenvalue weighted by Gasteiger charge is -2.04. The highest BCUT2D eigenvalue weighted by Crippen LogP contribution is 2.13.